The Kier molecular flexibility index (Phi) is 71600. The lowest BCUT2D eigenvalue weighted by Gasteiger charge is -1.03. The Bertz CT molecular complexity index is 6.04. The number of halogens is 5. The van der Waals surface area contributed by atoms with Gasteiger partial charge in [-0.25, -0.2) is 4.39 Å². The van der Waals surface area contributed by atoms with E-state index in [9.17, 15) is 0 Å². The Morgan fingerprint density at radius 2 is 0.714 bits per heavy atom. The monoisotopic (exact) mass is 123 g/mol. The highest BCUT2D eigenvalue weighted by Crippen LogP contribution is 1.27. The molecule has 0 atom stereocenters. The van der Waals surface area contributed by atoms with Crippen LogP contribution in [0.4, 0.5) is 23.2 Å². The fourth-order valence-corrected chi connectivity index (χ4v) is 0. The first-order chi connectivity index (χ1) is 1.00. The van der Waals surface area contributed by atoms with E-state index < -0.39 is 0 Å². The van der Waals surface area contributed by atoms with Gasteiger partial charge in [-0.2, -0.15) is 0 Å². The predicted molar refractivity (Wildman–Crippen MR) is 17.6 cm³/mol. The second-order valence-electron chi connectivity index (χ2n) is 0. The van der Waals surface area contributed by atoms with Crippen LogP contribution in [0, 0.1) is 14.6 Å². The fourth-order valence-electron chi connectivity index (χ4n) is 0. The fraction of sp³-hybridized carbons (Fsp3) is 0. The third kappa shape index (κ3) is 614. The van der Waals surface area contributed by atoms with Crippen LogP contribution in [0.3, 0.4) is 0 Å². The van der Waals surface area contributed by atoms with Gasteiger partial charge >= 0.3 is 0 Å². The van der Waals surface area contributed by atoms with Crippen LogP contribution in [0.15, 0.2) is 0 Å². The van der Waals surface area contributed by atoms with Crippen molar-refractivity contribution in [2.45, 2.75) is 0 Å². The Hall–Kier alpha value is -0.350. The lowest BCUT2D eigenvalue weighted by atomic mass is 11.9. The molecular weight excluding hydrogens is 119 g/mol. The van der Waals surface area contributed by atoms with Crippen molar-refractivity contribution in [1.29, 1.82) is 0 Å². The van der Waals surface area contributed by atoms with E-state index >= 15 is 0 Å². The van der Waals surface area contributed by atoms with Gasteiger partial charge in [0, 0.05) is 7.43 Å². The maximum atomic E-state index is 8.75. The van der Waals surface area contributed by atoms with Crippen molar-refractivity contribution in [3.8, 4) is 0 Å². The van der Waals surface area contributed by atoms with Gasteiger partial charge in [0.2, 0.25) is 7.18 Å². The first-order valence-electron chi connectivity index (χ1n) is 0.189. The summed E-state index contributed by atoms with van der Waals surface area (Å²) in [5, 5.41) is 0. The van der Waals surface area contributed by atoms with Gasteiger partial charge in [0.25, 0.3) is 0 Å². The van der Waals surface area contributed by atoms with E-state index in [1.54, 1.807) is 0 Å². The first kappa shape index (κ1) is 502. The molecule has 0 fully saturated rings. The molecule has 0 saturated carbocycles. The number of hydrogen-bond donors (Lipinski definition) is 0. The third-order valence-electron chi connectivity index (χ3n) is 0. The highest BCUT2D eigenvalue weighted by atomic mass is 19.1. The summed E-state index contributed by atoms with van der Waals surface area (Å²) in [4.78, 5) is 0. The van der Waals surface area contributed by atoms with E-state index in [4.69, 9.17) is 4.39 Å². The molecule has 0 heterocycles. The standard InChI is InChI=1S/CF.C.4FH/c1-2;;;;;/h;;4*1H. The molecule has 0 aliphatic heterocycles. The zero-order valence-corrected chi connectivity index (χ0v) is 3.01. The SMILES string of the molecule is F.F.F.F.[C].[C]F. The zero-order valence-electron chi connectivity index (χ0n) is 3.01. The largest absolute Gasteiger partial charge is 0.269 e. The Morgan fingerprint density at radius 3 is 0.714 bits per heavy atom. The van der Waals surface area contributed by atoms with Crippen molar-refractivity contribution in [3.05, 3.63) is 14.6 Å². The summed E-state index contributed by atoms with van der Waals surface area (Å²) in [6.07, 6.45) is 0. The van der Waals surface area contributed by atoms with Crippen molar-refractivity contribution in [2.24, 2.45) is 0 Å². The van der Waals surface area contributed by atoms with Gasteiger partial charge in [0.05, 0.1) is 0 Å². The van der Waals surface area contributed by atoms with Crippen LogP contribution in [0.25, 0.3) is 0 Å². The van der Waals surface area contributed by atoms with Gasteiger partial charge < -0.3 is 0 Å². The lowest BCUT2D eigenvalue weighted by molar-refractivity contribution is 0.713. The minimum Gasteiger partial charge on any atom is -0.269 e. The Balaban J connectivity index is -0.000000000500. The van der Waals surface area contributed by atoms with Crippen LogP contribution in [-0.2, 0) is 0 Å². The smallest absolute Gasteiger partial charge is 0.232 e. The van der Waals surface area contributed by atoms with E-state index in [0.717, 1.165) is 0 Å². The zero-order chi connectivity index (χ0) is 2.00. The van der Waals surface area contributed by atoms with E-state index in [1.807, 2.05) is 0 Å². The van der Waals surface area contributed by atoms with E-state index in [-0.39, 0.29) is 26.2 Å². The lowest BCUT2D eigenvalue weighted by Crippen LogP contribution is -0.764. The maximum Gasteiger partial charge on any atom is 0.232 e. The molecule has 0 aromatic heterocycles. The molecule has 5 heteroatoms. The van der Waals surface area contributed by atoms with Gasteiger partial charge in [-0.3, -0.25) is 18.8 Å². The summed E-state index contributed by atoms with van der Waals surface area (Å²) in [7, 11) is 4.25. The van der Waals surface area contributed by atoms with Gasteiger partial charge in [-0.1, -0.05) is 0 Å². The van der Waals surface area contributed by atoms with Gasteiger partial charge in [0.15, 0.2) is 0 Å². The molecule has 7 radical (unpaired) electrons. The van der Waals surface area contributed by atoms with Gasteiger partial charge in [0.1, 0.15) is 0 Å². The molecule has 47 valence electrons. The molecule has 0 amide bonds. The maximum absolute atomic E-state index is 8.75. The highest BCUT2D eigenvalue weighted by Gasteiger charge is 1.03. The third-order valence-corrected chi connectivity index (χ3v) is 0. The summed E-state index contributed by atoms with van der Waals surface area (Å²) in [6, 6.07) is 0. The molecule has 0 bridgehead atoms. The summed E-state index contributed by atoms with van der Waals surface area (Å²) in [6.45, 7) is 0. The molecular formula is C2H4F5. The van der Waals surface area contributed by atoms with Crippen LogP contribution in [-0.4, -0.2) is 0 Å². The molecule has 0 aliphatic rings. The number of hydrogen-bond acceptors (Lipinski definition) is 0. The minimum absolute atomic E-state index is 0. The van der Waals surface area contributed by atoms with Crippen LogP contribution < -0.4 is 0 Å². The summed E-state index contributed by atoms with van der Waals surface area (Å²) in [5.74, 6) is 0. The van der Waals surface area contributed by atoms with Crippen molar-refractivity contribution < 1.29 is 23.2 Å². The van der Waals surface area contributed by atoms with E-state index in [0.29, 0.717) is 0 Å². The highest BCUT2D eigenvalue weighted by molar-refractivity contribution is 3.64. The minimum atomic E-state index is 0. The average Bonchev–Trinajstić information content (AvgIpc) is 1.00. The molecule has 0 rings (SSSR count). The summed E-state index contributed by atoms with van der Waals surface area (Å²) >= 11 is 0. The topological polar surface area (TPSA) is 0 Å². The quantitative estimate of drug-likeness (QED) is 0.424. The molecule has 0 N–H and O–H groups in total. The van der Waals surface area contributed by atoms with Crippen LogP contribution in [0.1, 0.15) is 0 Å². The molecule has 0 unspecified atom stereocenters. The van der Waals surface area contributed by atoms with Crippen molar-refractivity contribution >= 4 is 0 Å². The second kappa shape index (κ2) is 997. The van der Waals surface area contributed by atoms with Crippen molar-refractivity contribution in [3.63, 3.8) is 0 Å². The summed E-state index contributed by atoms with van der Waals surface area (Å²) in [5.41, 5.74) is 0. The van der Waals surface area contributed by atoms with Gasteiger partial charge in [-0.15, -0.1) is 0 Å². The molecule has 0 spiro atoms. The molecule has 7 heavy (non-hydrogen) atoms. The number of rotatable bonds is 0. The van der Waals surface area contributed by atoms with Crippen LogP contribution >= 0.6 is 0 Å². The normalized spacial score (nSPS) is 0.857. The molecule has 0 aromatic carbocycles. The van der Waals surface area contributed by atoms with Crippen LogP contribution in [0.5, 0.6) is 0 Å². The van der Waals surface area contributed by atoms with Gasteiger partial charge in [-0.05, 0) is 0 Å². The predicted octanol–water partition coefficient (Wildman–Crippen LogP) is 1.19. The van der Waals surface area contributed by atoms with Crippen molar-refractivity contribution in [2.75, 3.05) is 0 Å². The summed E-state index contributed by atoms with van der Waals surface area (Å²) < 4.78 is 8.75. The molecule has 0 saturated heterocycles. The Labute approximate surface area is 39.2 Å². The van der Waals surface area contributed by atoms with Crippen molar-refractivity contribution in [1.82, 2.24) is 0 Å². The second-order valence-corrected chi connectivity index (χ2v) is 0. The van der Waals surface area contributed by atoms with E-state index in [2.05, 4.69) is 7.18 Å². The molecule has 0 aromatic rings. The first-order valence-corrected chi connectivity index (χ1v) is 0.189. The van der Waals surface area contributed by atoms with Crippen LogP contribution in [0.2, 0.25) is 0 Å². The molecule has 0 nitrogen and oxygen atoms in total. The average molecular weight is 123 g/mol. The molecule has 0 aliphatic carbocycles. The Morgan fingerprint density at radius 1 is 0.714 bits per heavy atom. The van der Waals surface area contributed by atoms with E-state index in [1.165, 1.54) is 0 Å².